The minimum Gasteiger partial charge on any atom is -0.507 e. The van der Waals surface area contributed by atoms with Crippen molar-refractivity contribution < 1.29 is 43.6 Å². The number of phenols is 2. The van der Waals surface area contributed by atoms with Crippen LogP contribution in [0.4, 0.5) is 0 Å². The molecular weight excluding hydrogens is 518 g/mol. The van der Waals surface area contributed by atoms with Crippen LogP contribution in [-0.2, 0) is 31.9 Å². The summed E-state index contributed by atoms with van der Waals surface area (Å²) in [6.07, 6.45) is 4.58. The number of hydrogen-bond acceptors (Lipinski definition) is 9. The van der Waals surface area contributed by atoms with E-state index >= 15 is 0 Å². The zero-order chi connectivity index (χ0) is 28.6. The molecule has 5 rings (SSSR count). The van der Waals surface area contributed by atoms with Crippen LogP contribution >= 0.6 is 0 Å². The molecule has 3 aliphatic rings. The normalized spacial score (nSPS) is 19.3. The molecular formula is C30H33NO9. The molecule has 10 heteroatoms. The Balaban J connectivity index is 1.38. The highest BCUT2D eigenvalue weighted by Crippen LogP contribution is 2.47. The van der Waals surface area contributed by atoms with Crippen molar-refractivity contribution in [3.63, 3.8) is 0 Å². The van der Waals surface area contributed by atoms with Gasteiger partial charge in [-0.2, -0.15) is 0 Å². The van der Waals surface area contributed by atoms with E-state index in [4.69, 9.17) is 14.2 Å². The molecule has 2 aromatic rings. The minimum atomic E-state index is -1.01. The second-order valence-corrected chi connectivity index (χ2v) is 10.6. The first kappa shape index (κ1) is 27.8. The van der Waals surface area contributed by atoms with Crippen LogP contribution in [0.1, 0.15) is 81.5 Å². The highest BCUT2D eigenvalue weighted by atomic mass is 16.7. The van der Waals surface area contributed by atoms with Crippen molar-refractivity contribution in [1.82, 2.24) is 5.32 Å². The van der Waals surface area contributed by atoms with Gasteiger partial charge in [-0.15, -0.1) is 0 Å². The topological polar surface area (TPSA) is 148 Å². The third-order valence-corrected chi connectivity index (χ3v) is 8.32. The van der Waals surface area contributed by atoms with E-state index in [2.05, 4.69) is 5.32 Å². The first-order valence-electron chi connectivity index (χ1n) is 13.6. The molecule has 0 aromatic heterocycles. The fourth-order valence-corrected chi connectivity index (χ4v) is 6.09. The molecule has 1 amide bonds. The molecule has 0 saturated heterocycles. The van der Waals surface area contributed by atoms with Crippen LogP contribution in [-0.4, -0.2) is 66.6 Å². The molecule has 1 atom stereocenters. The van der Waals surface area contributed by atoms with E-state index in [1.165, 1.54) is 20.2 Å². The maximum absolute atomic E-state index is 13.4. The van der Waals surface area contributed by atoms with Crippen molar-refractivity contribution in [1.29, 1.82) is 0 Å². The molecule has 1 fully saturated rings. The molecule has 0 heterocycles. The number of carbonyl (C=O) groups excluding carboxylic acids is 4. The number of likely N-dealkylation sites (N-methyl/N-ethyl adjacent to an activating group) is 1. The van der Waals surface area contributed by atoms with Gasteiger partial charge in [0.2, 0.25) is 11.7 Å². The Kier molecular flexibility index (Phi) is 7.65. The summed E-state index contributed by atoms with van der Waals surface area (Å²) in [5.74, 6) is -3.73. The van der Waals surface area contributed by atoms with E-state index in [1.807, 2.05) is 0 Å². The predicted molar refractivity (Wildman–Crippen MR) is 142 cm³/mol. The monoisotopic (exact) mass is 551 g/mol. The number of amides is 1. The summed E-state index contributed by atoms with van der Waals surface area (Å²) in [7, 11) is 2.91. The highest BCUT2D eigenvalue weighted by molar-refractivity contribution is 6.31. The number of phenolic OH excluding ortho intramolecular Hbond substituents is 2. The summed E-state index contributed by atoms with van der Waals surface area (Å²) in [5, 5.41) is 24.9. The molecule has 2 aromatic carbocycles. The number of benzene rings is 2. The maximum atomic E-state index is 13.4. The lowest BCUT2D eigenvalue weighted by molar-refractivity contribution is -0.248. The van der Waals surface area contributed by atoms with Gasteiger partial charge in [0.15, 0.2) is 17.4 Å². The Morgan fingerprint density at radius 2 is 1.62 bits per heavy atom. The summed E-state index contributed by atoms with van der Waals surface area (Å²) in [6.45, 7) is -0.391. The van der Waals surface area contributed by atoms with Crippen LogP contribution in [0, 0.1) is 5.92 Å². The van der Waals surface area contributed by atoms with Gasteiger partial charge in [0.1, 0.15) is 30.5 Å². The second kappa shape index (κ2) is 11.0. The lowest BCUT2D eigenvalue weighted by Gasteiger charge is -2.37. The number of aromatic hydroxyl groups is 2. The number of methoxy groups -OCH3 is 1. The smallest absolute Gasteiger partial charge is 0.245 e. The standard InChI is InChI=1S/C30H33NO9/c1-31-22(33)15-40-30(11-4-3-5-12-30)39-14-20(32)16-9-10-17-19(13-16)28(36)24-25(26(17)34)29(37)23-18(27(24)35)7-6-8-21(23)38-2/h6-8,16,34,36H,3-5,9-15H2,1-2H3,(H,31,33)/t16-/m0/s1. The van der Waals surface area contributed by atoms with Gasteiger partial charge in [-0.3, -0.25) is 19.2 Å². The summed E-state index contributed by atoms with van der Waals surface area (Å²) >= 11 is 0. The SMILES string of the molecule is CNC(=O)COC1(OCC(=O)[C@H]2CCc3c(O)c4c(c(O)c3C2)C(=O)c2cccc(OC)c2C4=O)CCCCC1. The second-order valence-electron chi connectivity index (χ2n) is 10.6. The number of hydrogen-bond donors (Lipinski definition) is 3. The zero-order valence-electron chi connectivity index (χ0n) is 22.6. The molecule has 0 bridgehead atoms. The van der Waals surface area contributed by atoms with Crippen molar-refractivity contribution >= 4 is 23.3 Å². The Bertz CT molecular complexity index is 1390. The average molecular weight is 552 g/mol. The Labute approximate surface area is 231 Å². The molecule has 0 radical (unpaired) electrons. The number of nitrogens with one attached hydrogen (secondary N) is 1. The van der Waals surface area contributed by atoms with Gasteiger partial charge in [0.05, 0.1) is 23.8 Å². The molecule has 40 heavy (non-hydrogen) atoms. The average Bonchev–Trinajstić information content (AvgIpc) is 2.99. The van der Waals surface area contributed by atoms with Gasteiger partial charge in [-0.25, -0.2) is 0 Å². The van der Waals surface area contributed by atoms with Crippen LogP contribution in [0.15, 0.2) is 18.2 Å². The first-order chi connectivity index (χ1) is 19.2. The van der Waals surface area contributed by atoms with E-state index in [0.29, 0.717) is 24.8 Å². The molecule has 0 unspecified atom stereocenters. The Hall–Kier alpha value is -3.76. The Morgan fingerprint density at radius 3 is 2.33 bits per heavy atom. The largest absolute Gasteiger partial charge is 0.507 e. The number of ketones is 3. The molecule has 0 aliphatic heterocycles. The minimum absolute atomic E-state index is 0.0495. The lowest BCUT2D eigenvalue weighted by Crippen LogP contribution is -2.43. The molecule has 10 nitrogen and oxygen atoms in total. The number of Topliss-reactive ketones (excluding diaryl/α,β-unsaturated/α-hetero) is 1. The number of carbonyl (C=O) groups is 4. The molecule has 1 saturated carbocycles. The van der Waals surface area contributed by atoms with Gasteiger partial charge in [0, 0.05) is 42.5 Å². The quantitative estimate of drug-likeness (QED) is 0.284. The summed E-state index contributed by atoms with van der Waals surface area (Å²) in [4.78, 5) is 51.9. The van der Waals surface area contributed by atoms with Crippen LogP contribution in [0.5, 0.6) is 17.2 Å². The number of fused-ring (bicyclic) bond motifs is 3. The van der Waals surface area contributed by atoms with E-state index < -0.39 is 23.3 Å². The van der Waals surface area contributed by atoms with Crippen molar-refractivity contribution in [2.24, 2.45) is 5.92 Å². The van der Waals surface area contributed by atoms with Crippen LogP contribution in [0.2, 0.25) is 0 Å². The van der Waals surface area contributed by atoms with E-state index in [1.54, 1.807) is 12.1 Å². The molecule has 3 aliphatic carbocycles. The van der Waals surface area contributed by atoms with Gasteiger partial charge in [-0.1, -0.05) is 18.6 Å². The fraction of sp³-hybridized carbons (Fsp3) is 0.467. The molecule has 0 spiro atoms. The fourth-order valence-electron chi connectivity index (χ4n) is 6.09. The van der Waals surface area contributed by atoms with E-state index in [-0.39, 0.29) is 82.8 Å². The molecule has 3 N–H and O–H groups in total. The summed E-state index contributed by atoms with van der Waals surface area (Å²) in [6, 6.07) is 4.62. The van der Waals surface area contributed by atoms with E-state index in [0.717, 1.165) is 19.3 Å². The number of rotatable bonds is 8. The van der Waals surface area contributed by atoms with Crippen molar-refractivity contribution in [3.05, 3.63) is 51.6 Å². The predicted octanol–water partition coefficient (Wildman–Crippen LogP) is 3.00. The van der Waals surface area contributed by atoms with Crippen LogP contribution in [0.25, 0.3) is 0 Å². The molecule has 212 valence electrons. The lowest BCUT2D eigenvalue weighted by atomic mass is 9.75. The van der Waals surface area contributed by atoms with Crippen molar-refractivity contribution in [3.8, 4) is 17.2 Å². The van der Waals surface area contributed by atoms with E-state index in [9.17, 15) is 29.4 Å². The van der Waals surface area contributed by atoms with Crippen molar-refractivity contribution in [2.45, 2.75) is 57.2 Å². The van der Waals surface area contributed by atoms with Crippen molar-refractivity contribution in [2.75, 3.05) is 27.4 Å². The first-order valence-corrected chi connectivity index (χ1v) is 13.6. The van der Waals surface area contributed by atoms with Gasteiger partial charge >= 0.3 is 0 Å². The van der Waals surface area contributed by atoms with Crippen LogP contribution < -0.4 is 10.1 Å². The summed E-state index contributed by atoms with van der Waals surface area (Å²) in [5.41, 5.74) is 0.287. The highest BCUT2D eigenvalue weighted by Gasteiger charge is 2.42. The maximum Gasteiger partial charge on any atom is 0.245 e. The Morgan fingerprint density at radius 1 is 0.950 bits per heavy atom. The summed E-state index contributed by atoms with van der Waals surface area (Å²) < 4.78 is 17.2. The van der Waals surface area contributed by atoms with Gasteiger partial charge in [0.25, 0.3) is 0 Å². The third kappa shape index (κ3) is 4.75. The third-order valence-electron chi connectivity index (χ3n) is 8.32. The van der Waals surface area contributed by atoms with Gasteiger partial charge in [-0.05, 0) is 38.2 Å². The number of ether oxygens (including phenoxy) is 3. The van der Waals surface area contributed by atoms with Gasteiger partial charge < -0.3 is 29.7 Å². The van der Waals surface area contributed by atoms with Crippen LogP contribution in [0.3, 0.4) is 0 Å². The zero-order valence-corrected chi connectivity index (χ0v) is 22.6.